The van der Waals surface area contributed by atoms with Gasteiger partial charge in [-0.3, -0.25) is 9.59 Å². The van der Waals surface area contributed by atoms with Crippen molar-refractivity contribution in [1.29, 1.82) is 0 Å². The summed E-state index contributed by atoms with van der Waals surface area (Å²) in [7, 11) is 3.29. The Morgan fingerprint density at radius 3 is 2.67 bits per heavy atom. The van der Waals surface area contributed by atoms with Gasteiger partial charge in [-0.25, -0.2) is 0 Å². The minimum absolute atomic E-state index is 0.0517. The summed E-state index contributed by atoms with van der Waals surface area (Å²) in [5, 5.41) is 1.52. The Kier molecular flexibility index (Phi) is 4.34. The molecule has 0 saturated carbocycles. The van der Waals surface area contributed by atoms with Gasteiger partial charge in [0.2, 0.25) is 5.91 Å². The van der Waals surface area contributed by atoms with Crippen molar-refractivity contribution in [1.82, 2.24) is 9.47 Å². The van der Waals surface area contributed by atoms with Gasteiger partial charge in [0.1, 0.15) is 6.54 Å². The van der Waals surface area contributed by atoms with E-state index in [4.69, 9.17) is 17.3 Å². The van der Waals surface area contributed by atoms with Crippen molar-refractivity contribution >= 4 is 28.3 Å². The molecule has 0 bridgehead atoms. The molecular weight excluding hydrogens is 290 g/mol. The van der Waals surface area contributed by atoms with Crippen molar-refractivity contribution < 1.29 is 4.79 Å². The number of likely N-dealkylation sites (N-methyl/N-ethyl adjacent to an activating group) is 1. The van der Waals surface area contributed by atoms with Gasteiger partial charge in [-0.1, -0.05) is 23.7 Å². The Balaban J connectivity index is 2.74. The molecular formula is C15H18ClN3O2. The number of rotatable bonds is 3. The van der Waals surface area contributed by atoms with Gasteiger partial charge in [0.15, 0.2) is 0 Å². The van der Waals surface area contributed by atoms with E-state index in [0.29, 0.717) is 16.1 Å². The second kappa shape index (κ2) is 5.87. The van der Waals surface area contributed by atoms with Crippen molar-refractivity contribution in [3.8, 4) is 0 Å². The second-order valence-corrected chi connectivity index (χ2v) is 5.65. The summed E-state index contributed by atoms with van der Waals surface area (Å²) >= 11 is 6.13. The topological polar surface area (TPSA) is 68.3 Å². The van der Waals surface area contributed by atoms with Crippen LogP contribution in [0.5, 0.6) is 0 Å². The number of fused-ring (bicyclic) bond motifs is 1. The Morgan fingerprint density at radius 2 is 2.10 bits per heavy atom. The summed E-state index contributed by atoms with van der Waals surface area (Å²) in [4.78, 5) is 26.1. The van der Waals surface area contributed by atoms with Crippen molar-refractivity contribution in [2.75, 3.05) is 14.1 Å². The standard InChI is InChI=1S/C15H18ClN3O2/c1-9(17)12-7-10-5-4-6-11(16)14(10)15(21)19(12)8-13(20)18(2)3/h4-7,9H,8,17H2,1-3H3. The summed E-state index contributed by atoms with van der Waals surface area (Å²) in [5.41, 5.74) is 6.27. The molecule has 5 nitrogen and oxygen atoms in total. The lowest BCUT2D eigenvalue weighted by molar-refractivity contribution is -0.129. The molecule has 1 unspecified atom stereocenters. The smallest absolute Gasteiger partial charge is 0.260 e. The molecule has 2 rings (SSSR count). The zero-order valence-electron chi connectivity index (χ0n) is 12.3. The van der Waals surface area contributed by atoms with Crippen LogP contribution in [0.2, 0.25) is 5.02 Å². The molecule has 2 aromatic rings. The molecule has 0 aliphatic carbocycles. The van der Waals surface area contributed by atoms with E-state index >= 15 is 0 Å². The molecule has 21 heavy (non-hydrogen) atoms. The molecule has 6 heteroatoms. The molecule has 0 aliphatic heterocycles. The van der Waals surface area contributed by atoms with E-state index in [1.54, 1.807) is 33.2 Å². The lowest BCUT2D eigenvalue weighted by Crippen LogP contribution is -2.34. The Hall–Kier alpha value is -1.85. The van der Waals surface area contributed by atoms with Gasteiger partial charge in [0.05, 0.1) is 10.4 Å². The average molecular weight is 308 g/mol. The third-order valence-electron chi connectivity index (χ3n) is 3.38. The first-order valence-corrected chi connectivity index (χ1v) is 6.98. The average Bonchev–Trinajstić information content (AvgIpc) is 2.40. The number of aromatic nitrogens is 1. The maximum Gasteiger partial charge on any atom is 0.260 e. The minimum Gasteiger partial charge on any atom is -0.347 e. The monoisotopic (exact) mass is 307 g/mol. The first-order chi connectivity index (χ1) is 9.82. The summed E-state index contributed by atoms with van der Waals surface area (Å²) < 4.78 is 1.40. The molecule has 0 fully saturated rings. The van der Waals surface area contributed by atoms with E-state index in [2.05, 4.69) is 0 Å². The number of nitrogens with zero attached hydrogens (tertiary/aromatic N) is 2. The third kappa shape index (κ3) is 2.94. The van der Waals surface area contributed by atoms with Crippen molar-refractivity contribution in [2.45, 2.75) is 19.5 Å². The van der Waals surface area contributed by atoms with Gasteiger partial charge in [0, 0.05) is 25.8 Å². The van der Waals surface area contributed by atoms with Crippen LogP contribution in [-0.4, -0.2) is 29.5 Å². The lowest BCUT2D eigenvalue weighted by atomic mass is 10.1. The van der Waals surface area contributed by atoms with E-state index in [1.165, 1.54) is 9.47 Å². The fourth-order valence-corrected chi connectivity index (χ4v) is 2.46. The molecule has 1 aromatic heterocycles. The van der Waals surface area contributed by atoms with E-state index in [0.717, 1.165) is 5.39 Å². The van der Waals surface area contributed by atoms with Crippen molar-refractivity contribution in [3.63, 3.8) is 0 Å². The number of halogens is 1. The molecule has 0 radical (unpaired) electrons. The van der Waals surface area contributed by atoms with Gasteiger partial charge in [-0.2, -0.15) is 0 Å². The van der Waals surface area contributed by atoms with Crippen LogP contribution in [0, 0.1) is 0 Å². The van der Waals surface area contributed by atoms with E-state index < -0.39 is 0 Å². The molecule has 1 amide bonds. The molecule has 1 aromatic carbocycles. The predicted molar refractivity (Wildman–Crippen MR) is 84.5 cm³/mol. The number of nitrogens with two attached hydrogens (primary N) is 1. The largest absolute Gasteiger partial charge is 0.347 e. The van der Waals surface area contributed by atoms with E-state index in [-0.39, 0.29) is 24.1 Å². The second-order valence-electron chi connectivity index (χ2n) is 5.24. The van der Waals surface area contributed by atoms with E-state index in [9.17, 15) is 9.59 Å². The third-order valence-corrected chi connectivity index (χ3v) is 3.69. The van der Waals surface area contributed by atoms with Crippen LogP contribution in [0.4, 0.5) is 0 Å². The summed E-state index contributed by atoms with van der Waals surface area (Å²) in [6.45, 7) is 1.73. The predicted octanol–water partition coefficient (Wildman–Crippen LogP) is 1.76. The maximum atomic E-state index is 12.7. The van der Waals surface area contributed by atoms with Gasteiger partial charge in [-0.15, -0.1) is 0 Å². The highest BCUT2D eigenvalue weighted by Gasteiger charge is 2.17. The van der Waals surface area contributed by atoms with E-state index in [1.807, 2.05) is 12.1 Å². The first-order valence-electron chi connectivity index (χ1n) is 6.60. The van der Waals surface area contributed by atoms with Crippen molar-refractivity contribution in [2.24, 2.45) is 5.73 Å². The molecule has 0 saturated heterocycles. The number of hydrogen-bond donors (Lipinski definition) is 1. The van der Waals surface area contributed by atoms with Gasteiger partial charge in [0.25, 0.3) is 5.56 Å². The SMILES string of the molecule is CC(N)c1cc2cccc(Cl)c2c(=O)n1CC(=O)N(C)C. The first kappa shape index (κ1) is 15.5. The molecule has 0 spiro atoms. The molecule has 1 heterocycles. The summed E-state index contributed by atoms with van der Waals surface area (Å²) in [6.07, 6.45) is 0. The number of amides is 1. The minimum atomic E-state index is -0.365. The van der Waals surface area contributed by atoms with Gasteiger partial charge >= 0.3 is 0 Å². The molecule has 112 valence electrons. The van der Waals surface area contributed by atoms with Crippen LogP contribution in [0.25, 0.3) is 10.8 Å². The van der Waals surface area contributed by atoms with Crippen LogP contribution >= 0.6 is 11.6 Å². The Bertz CT molecular complexity index is 750. The van der Waals surface area contributed by atoms with Crippen LogP contribution in [0.15, 0.2) is 29.1 Å². The maximum absolute atomic E-state index is 12.7. The number of hydrogen-bond acceptors (Lipinski definition) is 3. The normalized spacial score (nSPS) is 12.4. The number of benzene rings is 1. The van der Waals surface area contributed by atoms with Gasteiger partial charge in [-0.05, 0) is 24.4 Å². The number of pyridine rings is 1. The van der Waals surface area contributed by atoms with Crippen LogP contribution in [0.1, 0.15) is 18.7 Å². The zero-order valence-corrected chi connectivity index (χ0v) is 13.0. The molecule has 0 aliphatic rings. The zero-order chi connectivity index (χ0) is 15.7. The fraction of sp³-hybridized carbons (Fsp3) is 0.333. The number of carbonyl (C=O) groups is 1. The molecule has 2 N–H and O–H groups in total. The Labute approximate surface area is 127 Å². The number of carbonyl (C=O) groups excluding carboxylic acids is 1. The summed E-state index contributed by atoms with van der Waals surface area (Å²) in [6, 6.07) is 6.71. The highest BCUT2D eigenvalue weighted by Crippen LogP contribution is 2.22. The van der Waals surface area contributed by atoms with Crippen LogP contribution in [0.3, 0.4) is 0 Å². The molecule has 1 atom stereocenters. The summed E-state index contributed by atoms with van der Waals surface area (Å²) in [5.74, 6) is -0.176. The van der Waals surface area contributed by atoms with Crippen molar-refractivity contribution in [3.05, 3.63) is 45.3 Å². The van der Waals surface area contributed by atoms with Gasteiger partial charge < -0.3 is 15.2 Å². The van der Waals surface area contributed by atoms with Crippen LogP contribution in [-0.2, 0) is 11.3 Å². The highest BCUT2D eigenvalue weighted by molar-refractivity contribution is 6.35. The highest BCUT2D eigenvalue weighted by atomic mass is 35.5. The van der Waals surface area contributed by atoms with Crippen LogP contribution < -0.4 is 11.3 Å². The fourth-order valence-electron chi connectivity index (χ4n) is 2.19. The lowest BCUT2D eigenvalue weighted by Gasteiger charge is -2.19. The Morgan fingerprint density at radius 1 is 1.43 bits per heavy atom. The quantitative estimate of drug-likeness (QED) is 0.939.